The minimum Gasteiger partial charge on any atom is -0.392 e. The highest BCUT2D eigenvalue weighted by atomic mass is 35.5. The van der Waals surface area contributed by atoms with Gasteiger partial charge in [0.1, 0.15) is 5.82 Å². The first-order valence-electron chi connectivity index (χ1n) is 9.29. The number of benzene rings is 3. The highest BCUT2D eigenvalue weighted by molar-refractivity contribution is 6.30. The third kappa shape index (κ3) is 3.72. The van der Waals surface area contributed by atoms with E-state index in [4.69, 9.17) is 16.6 Å². The van der Waals surface area contributed by atoms with Crippen LogP contribution in [-0.2, 0) is 6.54 Å². The lowest BCUT2D eigenvalue weighted by molar-refractivity contribution is 0.174. The van der Waals surface area contributed by atoms with Crippen LogP contribution in [0.5, 0.6) is 0 Å². The van der Waals surface area contributed by atoms with Crippen LogP contribution in [0.4, 0.5) is 0 Å². The van der Waals surface area contributed by atoms with E-state index >= 15 is 0 Å². The second kappa shape index (κ2) is 8.01. The summed E-state index contributed by atoms with van der Waals surface area (Å²) in [6.07, 6.45) is -0.508. The van der Waals surface area contributed by atoms with Crippen molar-refractivity contribution in [3.05, 3.63) is 90.0 Å². The molecule has 0 aliphatic carbocycles. The predicted octanol–water partition coefficient (Wildman–Crippen LogP) is 5.92. The van der Waals surface area contributed by atoms with Crippen molar-refractivity contribution < 1.29 is 5.11 Å². The first kappa shape index (κ1) is 18.5. The number of nitrogens with zero attached hydrogens (tertiary/aromatic N) is 2. The van der Waals surface area contributed by atoms with Gasteiger partial charge in [-0.15, -0.1) is 0 Å². The molecule has 3 aromatic carbocycles. The van der Waals surface area contributed by atoms with Gasteiger partial charge in [-0.05, 0) is 31.2 Å². The van der Waals surface area contributed by atoms with Crippen molar-refractivity contribution in [2.45, 2.75) is 19.6 Å². The third-order valence-electron chi connectivity index (χ3n) is 4.61. The Morgan fingerprint density at radius 3 is 1.96 bits per heavy atom. The lowest BCUT2D eigenvalue weighted by Crippen LogP contribution is -2.14. The van der Waals surface area contributed by atoms with Crippen LogP contribution in [0.15, 0.2) is 84.9 Å². The number of halogens is 1. The molecule has 0 spiro atoms. The lowest BCUT2D eigenvalue weighted by Gasteiger charge is -2.15. The van der Waals surface area contributed by atoms with Crippen molar-refractivity contribution in [3.8, 4) is 33.9 Å². The number of aliphatic hydroxyl groups is 1. The average Bonchev–Trinajstić information content (AvgIpc) is 3.08. The molecule has 3 nitrogen and oxygen atoms in total. The molecule has 140 valence electrons. The normalized spacial score (nSPS) is 12.1. The summed E-state index contributed by atoms with van der Waals surface area (Å²) in [6, 6.07) is 28.0. The fourth-order valence-corrected chi connectivity index (χ4v) is 3.53. The summed E-state index contributed by atoms with van der Waals surface area (Å²) in [6.45, 7) is 2.24. The monoisotopic (exact) mass is 388 g/mol. The predicted molar refractivity (Wildman–Crippen MR) is 115 cm³/mol. The Kier molecular flexibility index (Phi) is 5.29. The van der Waals surface area contributed by atoms with Gasteiger partial charge in [0.15, 0.2) is 0 Å². The molecule has 0 fully saturated rings. The molecule has 4 aromatic rings. The maximum absolute atomic E-state index is 10.2. The highest BCUT2D eigenvalue weighted by Gasteiger charge is 2.21. The maximum Gasteiger partial charge on any atom is 0.141 e. The van der Waals surface area contributed by atoms with Gasteiger partial charge in [0.25, 0.3) is 0 Å². The fourth-order valence-electron chi connectivity index (χ4n) is 3.40. The Balaban J connectivity index is 2.01. The molecule has 0 saturated heterocycles. The van der Waals surface area contributed by atoms with Gasteiger partial charge in [0.2, 0.25) is 0 Å². The molecule has 4 heteroatoms. The summed E-state index contributed by atoms with van der Waals surface area (Å²) in [5.41, 5.74) is 4.97. The zero-order chi connectivity index (χ0) is 19.5. The maximum atomic E-state index is 10.2. The smallest absolute Gasteiger partial charge is 0.141 e. The molecule has 4 rings (SSSR count). The van der Waals surface area contributed by atoms with Crippen LogP contribution in [0, 0.1) is 0 Å². The first-order chi connectivity index (χ1) is 13.6. The fraction of sp³-hybridized carbons (Fsp3) is 0.125. The molecule has 1 atom stereocenters. The Morgan fingerprint density at radius 2 is 1.39 bits per heavy atom. The Bertz CT molecular complexity index is 1060. The largest absolute Gasteiger partial charge is 0.392 e. The van der Waals surface area contributed by atoms with Gasteiger partial charge in [0, 0.05) is 21.7 Å². The molecule has 0 amide bonds. The molecular weight excluding hydrogens is 368 g/mol. The van der Waals surface area contributed by atoms with Crippen molar-refractivity contribution in [3.63, 3.8) is 0 Å². The number of rotatable bonds is 5. The zero-order valence-corrected chi connectivity index (χ0v) is 16.3. The summed E-state index contributed by atoms with van der Waals surface area (Å²) in [4.78, 5) is 5.02. The molecule has 1 heterocycles. The summed E-state index contributed by atoms with van der Waals surface area (Å²) in [7, 11) is 0. The van der Waals surface area contributed by atoms with E-state index in [1.54, 1.807) is 6.92 Å². The van der Waals surface area contributed by atoms with E-state index < -0.39 is 6.10 Å². The van der Waals surface area contributed by atoms with Gasteiger partial charge in [-0.1, -0.05) is 72.3 Å². The first-order valence-corrected chi connectivity index (χ1v) is 9.66. The molecule has 0 aliphatic heterocycles. The standard InChI is InChI=1S/C24H21ClN2O/c1-17(28)16-27-23(19-10-6-3-7-11-19)22(18-8-4-2-5-9-18)26-24(27)20-12-14-21(25)15-13-20/h2-15,17,28H,16H2,1H3. The number of aromatic nitrogens is 2. The van der Waals surface area contributed by atoms with E-state index in [0.717, 1.165) is 33.9 Å². The van der Waals surface area contributed by atoms with Gasteiger partial charge in [0.05, 0.1) is 24.0 Å². The summed E-state index contributed by atoms with van der Waals surface area (Å²) in [5.74, 6) is 0.815. The van der Waals surface area contributed by atoms with Gasteiger partial charge < -0.3 is 9.67 Å². The minimum absolute atomic E-state index is 0.446. The minimum atomic E-state index is -0.508. The van der Waals surface area contributed by atoms with Crippen LogP contribution in [0.2, 0.25) is 5.02 Å². The summed E-state index contributed by atoms with van der Waals surface area (Å²) in [5, 5.41) is 10.9. The molecule has 28 heavy (non-hydrogen) atoms. The van der Waals surface area contributed by atoms with Crippen LogP contribution in [0.25, 0.3) is 33.9 Å². The van der Waals surface area contributed by atoms with Crippen LogP contribution in [-0.4, -0.2) is 20.8 Å². The molecule has 0 aliphatic rings. The number of hydrogen-bond donors (Lipinski definition) is 1. The molecular formula is C24H21ClN2O. The van der Waals surface area contributed by atoms with Crippen LogP contribution in [0.1, 0.15) is 6.92 Å². The summed E-state index contributed by atoms with van der Waals surface area (Å²) < 4.78 is 2.10. The van der Waals surface area contributed by atoms with Crippen molar-refractivity contribution in [1.82, 2.24) is 9.55 Å². The molecule has 0 radical (unpaired) electrons. The second-order valence-electron chi connectivity index (χ2n) is 6.83. The van der Waals surface area contributed by atoms with E-state index in [2.05, 4.69) is 28.8 Å². The Labute approximate surface area is 169 Å². The third-order valence-corrected chi connectivity index (χ3v) is 4.86. The van der Waals surface area contributed by atoms with Gasteiger partial charge in [-0.3, -0.25) is 0 Å². The van der Waals surface area contributed by atoms with Gasteiger partial charge in [-0.25, -0.2) is 4.98 Å². The topological polar surface area (TPSA) is 38.0 Å². The van der Waals surface area contributed by atoms with E-state index in [1.165, 1.54) is 0 Å². The Hall–Kier alpha value is -2.88. The number of hydrogen-bond acceptors (Lipinski definition) is 2. The van der Waals surface area contributed by atoms with Crippen molar-refractivity contribution in [1.29, 1.82) is 0 Å². The molecule has 0 bridgehead atoms. The molecule has 1 N–H and O–H groups in total. The van der Waals surface area contributed by atoms with Gasteiger partial charge in [-0.2, -0.15) is 0 Å². The van der Waals surface area contributed by atoms with Crippen molar-refractivity contribution in [2.24, 2.45) is 0 Å². The molecule has 1 unspecified atom stereocenters. The number of aliphatic hydroxyl groups excluding tert-OH is 1. The molecule has 0 saturated carbocycles. The van der Waals surface area contributed by atoms with E-state index in [1.807, 2.05) is 60.7 Å². The summed E-state index contributed by atoms with van der Waals surface area (Å²) >= 11 is 6.08. The quantitative estimate of drug-likeness (QED) is 0.461. The van der Waals surface area contributed by atoms with E-state index in [-0.39, 0.29) is 0 Å². The van der Waals surface area contributed by atoms with Crippen LogP contribution in [0.3, 0.4) is 0 Å². The molecule has 1 aromatic heterocycles. The second-order valence-corrected chi connectivity index (χ2v) is 7.27. The van der Waals surface area contributed by atoms with Crippen LogP contribution < -0.4 is 0 Å². The van der Waals surface area contributed by atoms with Crippen molar-refractivity contribution >= 4 is 11.6 Å². The SMILES string of the molecule is CC(O)Cn1c(-c2ccc(Cl)cc2)nc(-c2ccccc2)c1-c1ccccc1. The van der Waals surface area contributed by atoms with E-state index in [9.17, 15) is 5.11 Å². The highest BCUT2D eigenvalue weighted by Crippen LogP contribution is 2.36. The Morgan fingerprint density at radius 1 is 0.821 bits per heavy atom. The van der Waals surface area contributed by atoms with E-state index in [0.29, 0.717) is 11.6 Å². The van der Waals surface area contributed by atoms with Crippen LogP contribution >= 0.6 is 11.6 Å². The number of imidazole rings is 1. The van der Waals surface area contributed by atoms with Gasteiger partial charge >= 0.3 is 0 Å². The zero-order valence-electron chi connectivity index (χ0n) is 15.6. The average molecular weight is 389 g/mol. The van der Waals surface area contributed by atoms with Crippen molar-refractivity contribution in [2.75, 3.05) is 0 Å². The lowest BCUT2D eigenvalue weighted by atomic mass is 10.0.